The lowest BCUT2D eigenvalue weighted by Gasteiger charge is -2.07. The molecule has 1 amide bonds. The van der Waals surface area contributed by atoms with E-state index in [0.717, 1.165) is 5.56 Å². The molecular weight excluding hydrogens is 340 g/mol. The molecule has 0 heterocycles. The van der Waals surface area contributed by atoms with E-state index in [0.29, 0.717) is 16.8 Å². The number of anilines is 1. The van der Waals surface area contributed by atoms with Crippen molar-refractivity contribution in [1.29, 1.82) is 0 Å². The van der Waals surface area contributed by atoms with Crippen LogP contribution in [0.2, 0.25) is 0 Å². The quantitative estimate of drug-likeness (QED) is 0.307. The zero-order valence-electron chi connectivity index (χ0n) is 14.8. The summed E-state index contributed by atoms with van der Waals surface area (Å²) in [5.41, 5.74) is 2.74. The van der Waals surface area contributed by atoms with Gasteiger partial charge in [0.25, 0.3) is 0 Å². The molecule has 0 bridgehead atoms. The van der Waals surface area contributed by atoms with E-state index >= 15 is 0 Å². The third-order valence-corrected chi connectivity index (χ3v) is 3.82. The Kier molecular flexibility index (Phi) is 5.74. The van der Waals surface area contributed by atoms with Crippen LogP contribution in [0.15, 0.2) is 90.1 Å². The van der Waals surface area contributed by atoms with Gasteiger partial charge in [-0.05, 0) is 19.1 Å². The maximum Gasteiger partial charge on any atom is 0.437 e. The molecule has 27 heavy (non-hydrogen) atoms. The summed E-state index contributed by atoms with van der Waals surface area (Å²) in [5.74, 6) is -0.329. The maximum atomic E-state index is 12.8. The molecule has 0 unspecified atom stereocenters. The minimum absolute atomic E-state index is 0.0563. The molecule has 5 heteroatoms. The van der Waals surface area contributed by atoms with Crippen molar-refractivity contribution in [1.82, 2.24) is 0 Å². The van der Waals surface area contributed by atoms with E-state index in [1.807, 2.05) is 31.2 Å². The lowest BCUT2D eigenvalue weighted by molar-refractivity contribution is 0.106. The highest BCUT2D eigenvalue weighted by Gasteiger charge is 2.18. The molecule has 0 radical (unpaired) electrons. The Hall–Kier alpha value is -3.73. The van der Waals surface area contributed by atoms with Gasteiger partial charge in [-0.15, -0.1) is 0 Å². The fraction of sp³-hybridized carbons (Fsp3) is 0.0455. The first-order valence-electron chi connectivity index (χ1n) is 8.41. The third kappa shape index (κ3) is 4.89. The van der Waals surface area contributed by atoms with Gasteiger partial charge in [-0.25, -0.2) is 4.79 Å². The van der Waals surface area contributed by atoms with E-state index in [1.54, 1.807) is 60.7 Å². The molecule has 3 aromatic rings. The summed E-state index contributed by atoms with van der Waals surface area (Å²) in [6.45, 7) is 1.95. The summed E-state index contributed by atoms with van der Waals surface area (Å²) in [6.07, 6.45) is -0.770. The van der Waals surface area contributed by atoms with Crippen LogP contribution >= 0.6 is 0 Å². The Morgan fingerprint density at radius 2 is 1.33 bits per heavy atom. The average molecular weight is 358 g/mol. The fourth-order valence-electron chi connectivity index (χ4n) is 2.41. The Labute approximate surface area is 157 Å². The Bertz CT molecular complexity index is 950. The van der Waals surface area contributed by atoms with Gasteiger partial charge in [-0.3, -0.25) is 14.9 Å². The number of nitrogens with one attached hydrogen (secondary N) is 1. The van der Waals surface area contributed by atoms with Crippen molar-refractivity contribution < 1.29 is 14.4 Å². The largest absolute Gasteiger partial charge is 0.437 e. The lowest BCUT2D eigenvalue weighted by Crippen LogP contribution is -2.19. The van der Waals surface area contributed by atoms with Crippen LogP contribution in [-0.4, -0.2) is 17.6 Å². The zero-order chi connectivity index (χ0) is 19.1. The van der Waals surface area contributed by atoms with Crippen LogP contribution in [0.3, 0.4) is 0 Å². The topological polar surface area (TPSA) is 67.8 Å². The molecule has 3 rings (SSSR count). The van der Waals surface area contributed by atoms with E-state index in [4.69, 9.17) is 4.84 Å². The molecule has 0 spiro atoms. The van der Waals surface area contributed by atoms with Crippen LogP contribution < -0.4 is 5.32 Å². The lowest BCUT2D eigenvalue weighted by atomic mass is 10.0. The standard InChI is InChI=1S/C22H18N2O3/c1-16-12-14-19(15-13-16)23-22(26)27-24-20(17-8-4-2-5-9-17)21(25)18-10-6-3-7-11-18/h2-15H,1H3,(H,23,26). The highest BCUT2D eigenvalue weighted by molar-refractivity contribution is 6.51. The number of Topliss-reactive ketones (excluding diaryl/α,β-unsaturated/α-hetero) is 1. The predicted molar refractivity (Wildman–Crippen MR) is 105 cm³/mol. The van der Waals surface area contributed by atoms with Crippen molar-refractivity contribution in [3.8, 4) is 0 Å². The van der Waals surface area contributed by atoms with Crippen molar-refractivity contribution in [2.24, 2.45) is 5.16 Å². The number of carbonyl (C=O) groups excluding carboxylic acids is 2. The molecule has 0 aliphatic rings. The first kappa shape index (κ1) is 18.1. The van der Waals surface area contributed by atoms with Crippen molar-refractivity contribution >= 4 is 23.3 Å². The molecule has 0 aromatic heterocycles. The summed E-state index contributed by atoms with van der Waals surface area (Å²) in [7, 11) is 0. The van der Waals surface area contributed by atoms with Crippen molar-refractivity contribution in [3.05, 3.63) is 102 Å². The zero-order valence-corrected chi connectivity index (χ0v) is 14.8. The molecular formula is C22H18N2O3. The van der Waals surface area contributed by atoms with Crippen molar-refractivity contribution in [2.75, 3.05) is 5.32 Å². The molecule has 5 nitrogen and oxygen atoms in total. The smallest absolute Gasteiger partial charge is 0.297 e. The molecule has 1 N–H and O–H groups in total. The van der Waals surface area contributed by atoms with Crippen LogP contribution in [0.5, 0.6) is 0 Å². The van der Waals surface area contributed by atoms with E-state index in [2.05, 4.69) is 10.5 Å². The van der Waals surface area contributed by atoms with Crippen LogP contribution in [0.1, 0.15) is 21.5 Å². The first-order valence-corrected chi connectivity index (χ1v) is 8.41. The monoisotopic (exact) mass is 358 g/mol. The van der Waals surface area contributed by atoms with Crippen LogP contribution in [0, 0.1) is 6.92 Å². The summed E-state index contributed by atoms with van der Waals surface area (Å²) >= 11 is 0. The molecule has 0 atom stereocenters. The number of amides is 1. The molecule has 0 saturated carbocycles. The maximum absolute atomic E-state index is 12.8. The minimum atomic E-state index is -0.770. The number of nitrogens with zero attached hydrogens (tertiary/aromatic N) is 1. The van der Waals surface area contributed by atoms with Gasteiger partial charge in [0.15, 0.2) is 5.71 Å². The van der Waals surface area contributed by atoms with E-state index < -0.39 is 6.09 Å². The van der Waals surface area contributed by atoms with Gasteiger partial charge >= 0.3 is 6.09 Å². The molecule has 0 aliphatic heterocycles. The second-order valence-electron chi connectivity index (χ2n) is 5.87. The fourth-order valence-corrected chi connectivity index (χ4v) is 2.41. The highest BCUT2D eigenvalue weighted by atomic mass is 16.7. The highest BCUT2D eigenvalue weighted by Crippen LogP contribution is 2.11. The molecule has 0 aliphatic carbocycles. The summed E-state index contributed by atoms with van der Waals surface area (Å²) in [5, 5.41) is 6.41. The van der Waals surface area contributed by atoms with Gasteiger partial charge in [0.05, 0.1) is 0 Å². The number of carbonyl (C=O) groups is 2. The second-order valence-corrected chi connectivity index (χ2v) is 5.87. The molecule has 0 fully saturated rings. The van der Waals surface area contributed by atoms with Crippen molar-refractivity contribution in [2.45, 2.75) is 6.92 Å². The van der Waals surface area contributed by atoms with Gasteiger partial charge in [0.2, 0.25) is 5.78 Å². The van der Waals surface area contributed by atoms with Crippen LogP contribution in [0.4, 0.5) is 10.5 Å². The predicted octanol–water partition coefficient (Wildman–Crippen LogP) is 4.83. The van der Waals surface area contributed by atoms with Crippen molar-refractivity contribution in [3.63, 3.8) is 0 Å². The number of ketones is 1. The number of oxime groups is 1. The summed E-state index contributed by atoms with van der Waals surface area (Å²) < 4.78 is 0. The van der Waals surface area contributed by atoms with Gasteiger partial charge in [0, 0.05) is 16.8 Å². The average Bonchev–Trinajstić information content (AvgIpc) is 2.71. The molecule has 0 saturated heterocycles. The third-order valence-electron chi connectivity index (χ3n) is 3.82. The Morgan fingerprint density at radius 1 is 0.778 bits per heavy atom. The van der Waals surface area contributed by atoms with Gasteiger partial charge in [0.1, 0.15) is 0 Å². The SMILES string of the molecule is Cc1ccc(NC(=O)ON=C(C(=O)c2ccccc2)c2ccccc2)cc1. The molecule has 3 aromatic carbocycles. The van der Waals surface area contributed by atoms with Gasteiger partial charge in [-0.1, -0.05) is 83.5 Å². The second kappa shape index (κ2) is 8.58. The first-order chi connectivity index (χ1) is 13.1. The Morgan fingerprint density at radius 3 is 1.93 bits per heavy atom. The van der Waals surface area contributed by atoms with Gasteiger partial charge in [-0.2, -0.15) is 0 Å². The number of benzene rings is 3. The minimum Gasteiger partial charge on any atom is -0.297 e. The van der Waals surface area contributed by atoms with Crippen LogP contribution in [-0.2, 0) is 4.84 Å². The number of hydrogen-bond acceptors (Lipinski definition) is 4. The number of aryl methyl sites for hydroxylation is 1. The molecule has 134 valence electrons. The number of rotatable bonds is 5. The van der Waals surface area contributed by atoms with Gasteiger partial charge < -0.3 is 0 Å². The van der Waals surface area contributed by atoms with E-state index in [-0.39, 0.29) is 11.5 Å². The van der Waals surface area contributed by atoms with Crippen LogP contribution in [0.25, 0.3) is 0 Å². The Balaban J connectivity index is 1.81. The number of hydrogen-bond donors (Lipinski definition) is 1. The summed E-state index contributed by atoms with van der Waals surface area (Å²) in [6, 6.07) is 24.9. The summed E-state index contributed by atoms with van der Waals surface area (Å²) in [4.78, 5) is 29.8. The van der Waals surface area contributed by atoms with E-state index in [9.17, 15) is 9.59 Å². The van der Waals surface area contributed by atoms with E-state index in [1.165, 1.54) is 0 Å². The normalized spacial score (nSPS) is 10.9.